The van der Waals surface area contributed by atoms with Crippen LogP contribution in [-0.2, 0) is 19.5 Å². The number of rotatable bonds is 3. The molecule has 0 radical (unpaired) electrons. The van der Waals surface area contributed by atoms with Crippen LogP contribution in [0, 0.1) is 13.8 Å². The number of nitrogens with one attached hydrogen (secondary N) is 1. The zero-order valence-electron chi connectivity index (χ0n) is 17.1. The van der Waals surface area contributed by atoms with Gasteiger partial charge in [-0.05, 0) is 55.8 Å². The molecule has 2 aromatic carbocycles. The lowest BCUT2D eigenvalue weighted by Gasteiger charge is -2.27. The second kappa shape index (κ2) is 7.33. The Labute approximate surface area is 180 Å². The highest BCUT2D eigenvalue weighted by molar-refractivity contribution is 6.31. The zero-order valence-corrected chi connectivity index (χ0v) is 17.8. The Morgan fingerprint density at radius 1 is 1.17 bits per heavy atom. The highest BCUT2D eigenvalue weighted by Gasteiger charge is 2.25. The van der Waals surface area contributed by atoms with Crippen molar-refractivity contribution in [3.05, 3.63) is 87.3 Å². The molecular formula is C24H23ClN4O. The second-order valence-corrected chi connectivity index (χ2v) is 8.47. The molecule has 4 aromatic rings. The number of halogens is 1. The molecule has 0 fully saturated rings. The number of amides is 1. The molecule has 5 rings (SSSR count). The van der Waals surface area contributed by atoms with Gasteiger partial charge < -0.3 is 9.88 Å². The van der Waals surface area contributed by atoms with Crippen LogP contribution in [0.25, 0.3) is 10.9 Å². The molecule has 0 saturated heterocycles. The first-order valence-electron chi connectivity index (χ1n) is 10.2. The molecule has 6 heteroatoms. The third-order valence-corrected chi connectivity index (χ3v) is 6.07. The fourth-order valence-electron chi connectivity index (χ4n) is 4.35. The molecule has 0 unspecified atom stereocenters. The number of nitrogens with zero attached hydrogens (tertiary/aromatic N) is 3. The van der Waals surface area contributed by atoms with Gasteiger partial charge in [0, 0.05) is 58.0 Å². The fraction of sp³-hybridized carbons (Fsp3) is 0.250. The van der Waals surface area contributed by atoms with Crippen LogP contribution >= 0.6 is 11.6 Å². The smallest absolute Gasteiger partial charge is 0.254 e. The summed E-state index contributed by atoms with van der Waals surface area (Å²) in [4.78, 5) is 18.7. The number of hydrogen-bond donors (Lipinski definition) is 1. The van der Waals surface area contributed by atoms with Crippen molar-refractivity contribution in [1.82, 2.24) is 19.7 Å². The molecule has 1 aliphatic heterocycles. The number of carbonyl (C=O) groups excluding carboxylic acids is 1. The molecule has 0 saturated carbocycles. The molecule has 1 N–H and O–H groups in total. The zero-order chi connectivity index (χ0) is 20.8. The minimum atomic E-state index is 0.0623. The van der Waals surface area contributed by atoms with Crippen molar-refractivity contribution in [2.24, 2.45) is 0 Å². The van der Waals surface area contributed by atoms with Gasteiger partial charge in [0.1, 0.15) is 0 Å². The van der Waals surface area contributed by atoms with E-state index in [9.17, 15) is 4.79 Å². The molecule has 0 aliphatic carbocycles. The van der Waals surface area contributed by atoms with Crippen LogP contribution < -0.4 is 0 Å². The average molecular weight is 419 g/mol. The highest BCUT2D eigenvalue weighted by Crippen LogP contribution is 2.30. The molecule has 152 valence electrons. The lowest BCUT2D eigenvalue weighted by molar-refractivity contribution is 0.0735. The van der Waals surface area contributed by atoms with E-state index in [1.54, 1.807) is 0 Å². The molecular weight excluding hydrogens is 396 g/mol. The molecule has 2 aromatic heterocycles. The lowest BCUT2D eigenvalue weighted by atomic mass is 10.0. The summed E-state index contributed by atoms with van der Waals surface area (Å²) in [7, 11) is 0. The number of aromatic amines is 1. The summed E-state index contributed by atoms with van der Waals surface area (Å²) in [5.74, 6) is 0.0623. The first-order valence-corrected chi connectivity index (χ1v) is 10.5. The normalized spacial score (nSPS) is 13.6. The summed E-state index contributed by atoms with van der Waals surface area (Å²) >= 11 is 6.21. The minimum absolute atomic E-state index is 0.0623. The van der Waals surface area contributed by atoms with Gasteiger partial charge in [-0.15, -0.1) is 0 Å². The predicted molar refractivity (Wildman–Crippen MR) is 119 cm³/mol. The van der Waals surface area contributed by atoms with E-state index in [1.165, 1.54) is 11.3 Å². The van der Waals surface area contributed by atoms with Gasteiger partial charge in [0.25, 0.3) is 5.91 Å². The molecule has 1 amide bonds. The van der Waals surface area contributed by atoms with Crippen LogP contribution in [0.4, 0.5) is 0 Å². The average Bonchev–Trinajstić information content (AvgIpc) is 3.25. The number of fused-ring (bicyclic) bond motifs is 3. The van der Waals surface area contributed by atoms with Gasteiger partial charge in [-0.2, -0.15) is 5.10 Å². The first-order chi connectivity index (χ1) is 14.5. The Bertz CT molecular complexity index is 1270. The predicted octanol–water partition coefficient (Wildman–Crippen LogP) is 4.88. The van der Waals surface area contributed by atoms with Crippen LogP contribution in [0.1, 0.15) is 38.6 Å². The Kier molecular flexibility index (Phi) is 4.63. The standard InChI is InChI=1S/C24H23ClN4O/c1-15-10-16(2)29(27-15)13-17-4-3-5-18(11-17)24(30)28-9-8-23-21(14-28)20-12-19(25)6-7-22(20)26-23/h3-7,10-12,26H,8-9,13-14H2,1-2H3. The lowest BCUT2D eigenvalue weighted by Crippen LogP contribution is -2.35. The number of aromatic nitrogens is 3. The summed E-state index contributed by atoms with van der Waals surface area (Å²) in [6.45, 7) is 6.00. The first kappa shape index (κ1) is 18.9. The maximum atomic E-state index is 13.3. The van der Waals surface area contributed by atoms with Crippen molar-refractivity contribution in [3.8, 4) is 0 Å². The van der Waals surface area contributed by atoms with Gasteiger partial charge in [0.2, 0.25) is 0 Å². The number of H-pyrrole nitrogens is 1. The van der Waals surface area contributed by atoms with Crippen LogP contribution in [0.5, 0.6) is 0 Å². The molecule has 0 atom stereocenters. The third-order valence-electron chi connectivity index (χ3n) is 5.83. The van der Waals surface area contributed by atoms with Crippen molar-refractivity contribution in [3.63, 3.8) is 0 Å². The topological polar surface area (TPSA) is 53.9 Å². The largest absolute Gasteiger partial charge is 0.358 e. The quantitative estimate of drug-likeness (QED) is 0.515. The van der Waals surface area contributed by atoms with E-state index in [0.29, 0.717) is 24.7 Å². The minimum Gasteiger partial charge on any atom is -0.358 e. The van der Waals surface area contributed by atoms with E-state index >= 15 is 0 Å². The summed E-state index contributed by atoms with van der Waals surface area (Å²) in [5.41, 5.74) is 7.36. The molecule has 1 aliphatic rings. The van der Waals surface area contributed by atoms with E-state index in [1.807, 2.05) is 65.9 Å². The summed E-state index contributed by atoms with van der Waals surface area (Å²) in [6, 6.07) is 15.8. The summed E-state index contributed by atoms with van der Waals surface area (Å²) in [6.07, 6.45) is 0.818. The SMILES string of the molecule is Cc1cc(C)n(Cc2cccc(C(=O)N3CCc4[nH]c5ccc(Cl)cc5c4C3)c2)n1. The van der Waals surface area contributed by atoms with Gasteiger partial charge in [-0.3, -0.25) is 9.48 Å². The van der Waals surface area contributed by atoms with Crippen LogP contribution in [0.15, 0.2) is 48.5 Å². The van der Waals surface area contributed by atoms with Gasteiger partial charge >= 0.3 is 0 Å². The van der Waals surface area contributed by atoms with Crippen LogP contribution in [0.2, 0.25) is 5.02 Å². The van der Waals surface area contributed by atoms with Gasteiger partial charge in [-0.1, -0.05) is 23.7 Å². The Morgan fingerprint density at radius 2 is 2.03 bits per heavy atom. The Hall–Kier alpha value is -3.05. The summed E-state index contributed by atoms with van der Waals surface area (Å²) in [5, 5.41) is 6.35. The van der Waals surface area contributed by atoms with E-state index in [0.717, 1.165) is 39.8 Å². The Balaban J connectivity index is 1.40. The summed E-state index contributed by atoms with van der Waals surface area (Å²) < 4.78 is 1.97. The molecule has 5 nitrogen and oxygen atoms in total. The molecule has 0 spiro atoms. The fourth-order valence-corrected chi connectivity index (χ4v) is 4.53. The van der Waals surface area contributed by atoms with E-state index in [-0.39, 0.29) is 5.91 Å². The van der Waals surface area contributed by atoms with Crippen LogP contribution in [0.3, 0.4) is 0 Å². The molecule has 3 heterocycles. The van der Waals surface area contributed by atoms with Crippen molar-refractivity contribution < 1.29 is 4.79 Å². The van der Waals surface area contributed by atoms with Crippen molar-refractivity contribution in [2.75, 3.05) is 6.54 Å². The molecule has 0 bridgehead atoms. The number of hydrogen-bond acceptors (Lipinski definition) is 2. The monoisotopic (exact) mass is 418 g/mol. The van der Waals surface area contributed by atoms with Crippen LogP contribution in [-0.4, -0.2) is 32.1 Å². The van der Waals surface area contributed by atoms with Crippen molar-refractivity contribution >= 4 is 28.4 Å². The number of carbonyl (C=O) groups is 1. The molecule has 30 heavy (non-hydrogen) atoms. The van der Waals surface area contributed by atoms with Gasteiger partial charge in [-0.25, -0.2) is 0 Å². The van der Waals surface area contributed by atoms with Crippen molar-refractivity contribution in [2.45, 2.75) is 33.4 Å². The third kappa shape index (κ3) is 3.39. The van der Waals surface area contributed by atoms with E-state index in [4.69, 9.17) is 11.6 Å². The number of benzene rings is 2. The van der Waals surface area contributed by atoms with Crippen molar-refractivity contribution in [1.29, 1.82) is 0 Å². The van der Waals surface area contributed by atoms with E-state index in [2.05, 4.69) is 16.1 Å². The Morgan fingerprint density at radius 3 is 2.83 bits per heavy atom. The van der Waals surface area contributed by atoms with Gasteiger partial charge in [0.05, 0.1) is 12.2 Å². The number of aryl methyl sites for hydroxylation is 2. The maximum absolute atomic E-state index is 13.3. The maximum Gasteiger partial charge on any atom is 0.254 e. The highest BCUT2D eigenvalue weighted by atomic mass is 35.5. The van der Waals surface area contributed by atoms with E-state index < -0.39 is 0 Å². The second-order valence-electron chi connectivity index (χ2n) is 8.03. The van der Waals surface area contributed by atoms with Gasteiger partial charge in [0.15, 0.2) is 0 Å².